The third-order valence-corrected chi connectivity index (χ3v) is 2.44. The van der Waals surface area contributed by atoms with Gasteiger partial charge in [-0.15, -0.1) is 6.58 Å². The summed E-state index contributed by atoms with van der Waals surface area (Å²) in [6, 6.07) is 7.71. The highest BCUT2D eigenvalue weighted by molar-refractivity contribution is 5.42. The minimum Gasteiger partial charge on any atom is -0.366 e. The van der Waals surface area contributed by atoms with Gasteiger partial charge in [-0.1, -0.05) is 12.1 Å². The van der Waals surface area contributed by atoms with Crippen LogP contribution in [0.4, 0.5) is 11.8 Å². The fourth-order valence-corrected chi connectivity index (χ4v) is 1.59. The summed E-state index contributed by atoms with van der Waals surface area (Å²) in [7, 11) is 0. The Morgan fingerprint density at radius 1 is 1.26 bits per heavy atom. The molecule has 0 unspecified atom stereocenters. The van der Waals surface area contributed by atoms with E-state index in [1.54, 1.807) is 12.3 Å². The van der Waals surface area contributed by atoms with E-state index in [4.69, 9.17) is 0 Å². The lowest BCUT2D eigenvalue weighted by molar-refractivity contribution is 0.988. The van der Waals surface area contributed by atoms with Gasteiger partial charge in [0.05, 0.1) is 12.2 Å². The zero-order chi connectivity index (χ0) is 13.5. The molecule has 0 aliphatic rings. The Morgan fingerprint density at radius 2 is 2.16 bits per heavy atom. The number of hydrogen-bond acceptors (Lipinski definition) is 5. The van der Waals surface area contributed by atoms with Gasteiger partial charge in [-0.25, -0.2) is 4.98 Å². The molecular formula is C14H17N5. The topological polar surface area (TPSA) is 62.7 Å². The summed E-state index contributed by atoms with van der Waals surface area (Å²) < 4.78 is 0. The fourth-order valence-electron chi connectivity index (χ4n) is 1.59. The molecule has 19 heavy (non-hydrogen) atoms. The van der Waals surface area contributed by atoms with Crippen LogP contribution in [-0.4, -0.2) is 21.5 Å². The molecule has 5 heteroatoms. The molecule has 0 spiro atoms. The van der Waals surface area contributed by atoms with Crippen molar-refractivity contribution in [1.29, 1.82) is 0 Å². The highest BCUT2D eigenvalue weighted by Crippen LogP contribution is 2.10. The molecule has 0 fully saturated rings. The van der Waals surface area contributed by atoms with Crippen LogP contribution in [0.2, 0.25) is 0 Å². The van der Waals surface area contributed by atoms with Crippen molar-refractivity contribution in [3.63, 3.8) is 0 Å². The molecule has 98 valence electrons. The Kier molecular flexibility index (Phi) is 4.44. The molecule has 0 amide bonds. The van der Waals surface area contributed by atoms with E-state index in [1.807, 2.05) is 31.2 Å². The molecule has 2 aromatic heterocycles. The molecule has 0 saturated heterocycles. The monoisotopic (exact) mass is 255 g/mol. The molecule has 5 nitrogen and oxygen atoms in total. The molecule has 0 bridgehead atoms. The van der Waals surface area contributed by atoms with Crippen LogP contribution < -0.4 is 10.6 Å². The van der Waals surface area contributed by atoms with Crippen molar-refractivity contribution in [2.24, 2.45) is 0 Å². The molecule has 2 aromatic rings. The maximum absolute atomic E-state index is 4.38. The van der Waals surface area contributed by atoms with Crippen molar-refractivity contribution in [2.75, 3.05) is 17.2 Å². The van der Waals surface area contributed by atoms with Crippen molar-refractivity contribution in [1.82, 2.24) is 15.0 Å². The predicted octanol–water partition coefficient (Wildman–Crippen LogP) is 2.39. The van der Waals surface area contributed by atoms with E-state index in [0.29, 0.717) is 19.0 Å². The zero-order valence-electron chi connectivity index (χ0n) is 10.9. The molecule has 0 radical (unpaired) electrons. The summed E-state index contributed by atoms with van der Waals surface area (Å²) in [6.07, 6.45) is 3.56. The Labute approximate surface area is 112 Å². The van der Waals surface area contributed by atoms with Gasteiger partial charge in [0.15, 0.2) is 0 Å². The van der Waals surface area contributed by atoms with Gasteiger partial charge in [-0.05, 0) is 19.1 Å². The SMILES string of the molecule is C=CCNc1cc(C)nc(NCc2ccccn2)n1. The number of rotatable bonds is 6. The Bertz CT molecular complexity index is 539. The van der Waals surface area contributed by atoms with Gasteiger partial charge in [-0.3, -0.25) is 4.98 Å². The second-order valence-electron chi connectivity index (χ2n) is 4.06. The third kappa shape index (κ3) is 4.06. The first-order valence-electron chi connectivity index (χ1n) is 6.12. The Morgan fingerprint density at radius 3 is 2.89 bits per heavy atom. The Balaban J connectivity index is 2.03. The summed E-state index contributed by atoms with van der Waals surface area (Å²) in [5.74, 6) is 1.38. The highest BCUT2D eigenvalue weighted by atomic mass is 15.1. The standard InChI is InChI=1S/C14H17N5/c1-3-7-16-13-9-11(2)18-14(19-13)17-10-12-6-4-5-8-15-12/h3-6,8-9H,1,7,10H2,2H3,(H2,16,17,18,19). The molecular weight excluding hydrogens is 238 g/mol. The quantitative estimate of drug-likeness (QED) is 0.776. The van der Waals surface area contributed by atoms with Crippen LogP contribution in [0.15, 0.2) is 43.1 Å². The molecule has 0 aliphatic carbocycles. The summed E-state index contributed by atoms with van der Waals surface area (Å²) in [5, 5.41) is 6.32. The normalized spacial score (nSPS) is 9.95. The minimum absolute atomic E-state index is 0.595. The van der Waals surface area contributed by atoms with Crippen LogP contribution in [0.25, 0.3) is 0 Å². The minimum atomic E-state index is 0.595. The van der Waals surface area contributed by atoms with Crippen molar-refractivity contribution >= 4 is 11.8 Å². The third-order valence-electron chi connectivity index (χ3n) is 2.44. The van der Waals surface area contributed by atoms with E-state index in [2.05, 4.69) is 32.2 Å². The first-order valence-corrected chi connectivity index (χ1v) is 6.12. The molecule has 0 saturated carbocycles. The van der Waals surface area contributed by atoms with Crippen LogP contribution >= 0.6 is 0 Å². The lowest BCUT2D eigenvalue weighted by atomic mass is 10.3. The number of hydrogen-bond donors (Lipinski definition) is 2. The number of nitrogens with one attached hydrogen (secondary N) is 2. The highest BCUT2D eigenvalue weighted by Gasteiger charge is 2.01. The van der Waals surface area contributed by atoms with E-state index >= 15 is 0 Å². The lowest BCUT2D eigenvalue weighted by Crippen LogP contribution is -2.08. The predicted molar refractivity (Wildman–Crippen MR) is 77.0 cm³/mol. The summed E-state index contributed by atoms with van der Waals surface area (Å²) in [5.41, 5.74) is 1.86. The van der Waals surface area contributed by atoms with Crippen molar-refractivity contribution in [2.45, 2.75) is 13.5 Å². The van der Waals surface area contributed by atoms with Gasteiger partial charge < -0.3 is 10.6 Å². The van der Waals surface area contributed by atoms with Crippen LogP contribution in [0, 0.1) is 6.92 Å². The second kappa shape index (κ2) is 6.49. The number of nitrogens with zero attached hydrogens (tertiary/aromatic N) is 3. The fraction of sp³-hybridized carbons (Fsp3) is 0.214. The van der Waals surface area contributed by atoms with Crippen LogP contribution in [-0.2, 0) is 6.54 Å². The van der Waals surface area contributed by atoms with E-state index in [0.717, 1.165) is 17.2 Å². The average molecular weight is 255 g/mol. The lowest BCUT2D eigenvalue weighted by Gasteiger charge is -2.08. The van der Waals surface area contributed by atoms with Gasteiger partial charge in [-0.2, -0.15) is 4.98 Å². The van der Waals surface area contributed by atoms with Crippen LogP contribution in [0.1, 0.15) is 11.4 Å². The average Bonchev–Trinajstić information content (AvgIpc) is 2.43. The Hall–Kier alpha value is -2.43. The van der Waals surface area contributed by atoms with Gasteiger partial charge in [0.2, 0.25) is 5.95 Å². The maximum Gasteiger partial charge on any atom is 0.225 e. The van der Waals surface area contributed by atoms with Gasteiger partial charge >= 0.3 is 0 Å². The number of aromatic nitrogens is 3. The summed E-state index contributed by atoms with van der Waals surface area (Å²) >= 11 is 0. The van der Waals surface area contributed by atoms with Crippen LogP contribution in [0.3, 0.4) is 0 Å². The first kappa shape index (κ1) is 13.0. The smallest absolute Gasteiger partial charge is 0.225 e. The molecule has 2 heterocycles. The van der Waals surface area contributed by atoms with E-state index in [1.165, 1.54) is 0 Å². The first-order chi connectivity index (χ1) is 9.28. The second-order valence-corrected chi connectivity index (χ2v) is 4.06. The number of anilines is 2. The number of pyridine rings is 1. The van der Waals surface area contributed by atoms with Crippen molar-refractivity contribution < 1.29 is 0 Å². The largest absolute Gasteiger partial charge is 0.366 e. The summed E-state index contributed by atoms with van der Waals surface area (Å²) in [4.78, 5) is 13.0. The molecule has 0 aliphatic heterocycles. The van der Waals surface area contributed by atoms with Gasteiger partial charge in [0.1, 0.15) is 5.82 Å². The molecule has 0 aromatic carbocycles. The molecule has 2 rings (SSSR count). The van der Waals surface area contributed by atoms with E-state index < -0.39 is 0 Å². The molecule has 0 atom stereocenters. The summed E-state index contributed by atoms with van der Waals surface area (Å²) in [6.45, 7) is 6.88. The molecule has 2 N–H and O–H groups in total. The van der Waals surface area contributed by atoms with Gasteiger partial charge in [0, 0.05) is 24.5 Å². The van der Waals surface area contributed by atoms with E-state index in [9.17, 15) is 0 Å². The zero-order valence-corrected chi connectivity index (χ0v) is 10.9. The number of aryl methyl sites for hydroxylation is 1. The van der Waals surface area contributed by atoms with Gasteiger partial charge in [0.25, 0.3) is 0 Å². The van der Waals surface area contributed by atoms with E-state index in [-0.39, 0.29) is 0 Å². The van der Waals surface area contributed by atoms with Crippen molar-refractivity contribution in [3.8, 4) is 0 Å². The maximum atomic E-state index is 4.38. The van der Waals surface area contributed by atoms with Crippen molar-refractivity contribution in [3.05, 3.63) is 54.5 Å². The van der Waals surface area contributed by atoms with Crippen LogP contribution in [0.5, 0.6) is 0 Å².